The number of amides is 2. The summed E-state index contributed by atoms with van der Waals surface area (Å²) < 4.78 is 10.5. The molecule has 8 nitrogen and oxygen atoms in total. The smallest absolute Gasteiger partial charge is 0.316 e. The quantitative estimate of drug-likeness (QED) is 0.569. The highest BCUT2D eigenvalue weighted by Crippen LogP contribution is 2.18. The molecule has 0 radical (unpaired) electrons. The summed E-state index contributed by atoms with van der Waals surface area (Å²) in [6, 6.07) is 14.6. The highest BCUT2D eigenvalue weighted by Gasteiger charge is 2.16. The second-order valence-corrected chi connectivity index (χ2v) is 6.23. The number of hydrogen-bond acceptors (Lipinski definition) is 6. The molecule has 0 saturated heterocycles. The van der Waals surface area contributed by atoms with Crippen molar-refractivity contribution in [1.82, 2.24) is 20.8 Å². The molecule has 1 aromatic heterocycles. The van der Waals surface area contributed by atoms with Gasteiger partial charge in [-0.05, 0) is 26.0 Å². The highest BCUT2D eigenvalue weighted by atomic mass is 16.5. The van der Waals surface area contributed by atoms with E-state index in [9.17, 15) is 9.59 Å². The maximum absolute atomic E-state index is 12.3. The van der Waals surface area contributed by atoms with E-state index in [0.717, 1.165) is 11.1 Å². The van der Waals surface area contributed by atoms with Crippen LogP contribution in [0.3, 0.4) is 0 Å². The molecule has 0 fully saturated rings. The molecule has 29 heavy (non-hydrogen) atoms. The summed E-state index contributed by atoms with van der Waals surface area (Å²) >= 11 is 0. The van der Waals surface area contributed by atoms with E-state index < -0.39 is 5.91 Å². The Balaban J connectivity index is 1.49. The number of ether oxygens (including phenoxy) is 1. The predicted octanol–water partition coefficient (Wildman–Crippen LogP) is 2.60. The zero-order chi connectivity index (χ0) is 20.6. The number of carbonyl (C=O) groups excluding carboxylic acids is 2. The van der Waals surface area contributed by atoms with Gasteiger partial charge in [0.05, 0.1) is 12.2 Å². The summed E-state index contributed by atoms with van der Waals surface area (Å²) in [7, 11) is 0. The van der Waals surface area contributed by atoms with E-state index >= 15 is 0 Å². The first-order valence-electron chi connectivity index (χ1n) is 9.27. The number of aromatic nitrogens is 2. The topological polar surface area (TPSA) is 106 Å². The number of benzene rings is 2. The molecule has 2 aromatic carbocycles. The monoisotopic (exact) mass is 394 g/mol. The maximum Gasteiger partial charge on any atom is 0.316 e. The third kappa shape index (κ3) is 5.19. The molecule has 150 valence electrons. The second kappa shape index (κ2) is 9.50. The van der Waals surface area contributed by atoms with Gasteiger partial charge in [0, 0.05) is 18.7 Å². The molecule has 8 heteroatoms. The average Bonchev–Trinajstić information content (AvgIpc) is 3.22. The van der Waals surface area contributed by atoms with Gasteiger partial charge in [0.2, 0.25) is 5.82 Å². The van der Waals surface area contributed by atoms with Crippen molar-refractivity contribution >= 4 is 11.8 Å². The summed E-state index contributed by atoms with van der Waals surface area (Å²) in [5, 5.41) is 9.21. The van der Waals surface area contributed by atoms with E-state index in [4.69, 9.17) is 9.26 Å². The van der Waals surface area contributed by atoms with Crippen molar-refractivity contribution in [2.45, 2.75) is 13.8 Å². The van der Waals surface area contributed by atoms with E-state index in [1.807, 2.05) is 38.1 Å². The Kier molecular flexibility index (Phi) is 6.57. The zero-order valence-electron chi connectivity index (χ0n) is 16.3. The number of nitrogens with zero attached hydrogens (tertiary/aromatic N) is 2. The minimum atomic E-state index is -0.500. The summed E-state index contributed by atoms with van der Waals surface area (Å²) in [6.45, 7) is 4.75. The predicted molar refractivity (Wildman–Crippen MR) is 107 cm³/mol. The van der Waals surface area contributed by atoms with E-state index in [2.05, 4.69) is 20.8 Å². The maximum atomic E-state index is 12.3. The van der Waals surface area contributed by atoms with Crippen LogP contribution in [0.4, 0.5) is 0 Å². The zero-order valence-corrected chi connectivity index (χ0v) is 16.3. The van der Waals surface area contributed by atoms with Crippen LogP contribution in [0.1, 0.15) is 33.5 Å². The third-order valence-electron chi connectivity index (χ3n) is 4.06. The van der Waals surface area contributed by atoms with Gasteiger partial charge in [-0.1, -0.05) is 47.1 Å². The van der Waals surface area contributed by atoms with Crippen LogP contribution in [0.5, 0.6) is 5.75 Å². The molecule has 0 bridgehead atoms. The third-order valence-corrected chi connectivity index (χ3v) is 4.06. The molecule has 0 atom stereocenters. The summed E-state index contributed by atoms with van der Waals surface area (Å²) in [5.74, 6) is -0.0434. The Hall–Kier alpha value is -3.68. The molecule has 0 aliphatic rings. The van der Waals surface area contributed by atoms with Gasteiger partial charge in [-0.25, -0.2) is 0 Å². The molecule has 2 amide bonds. The number of nitrogens with one attached hydrogen (secondary N) is 2. The van der Waals surface area contributed by atoms with Gasteiger partial charge in [-0.15, -0.1) is 0 Å². The lowest BCUT2D eigenvalue weighted by atomic mass is 10.1. The van der Waals surface area contributed by atoms with Gasteiger partial charge in [0.15, 0.2) is 0 Å². The fourth-order valence-electron chi connectivity index (χ4n) is 2.59. The Morgan fingerprint density at radius 2 is 1.69 bits per heavy atom. The van der Waals surface area contributed by atoms with E-state index in [0.29, 0.717) is 23.7 Å². The Morgan fingerprint density at radius 1 is 1.00 bits per heavy atom. The number of hydrogen-bond donors (Lipinski definition) is 2. The van der Waals surface area contributed by atoms with Crippen molar-refractivity contribution in [1.29, 1.82) is 0 Å². The van der Waals surface area contributed by atoms with Gasteiger partial charge in [-0.2, -0.15) is 4.98 Å². The number of para-hydroxylation sites is 1. The fraction of sp³-hybridized carbons (Fsp3) is 0.238. The SMILES string of the molecule is CCOc1ccccc1C(=O)NCCNC(=O)c1nc(-c2ccc(C)cc2)no1. The minimum Gasteiger partial charge on any atom is -0.493 e. The lowest BCUT2D eigenvalue weighted by molar-refractivity contribution is 0.0897. The average molecular weight is 394 g/mol. The van der Waals surface area contributed by atoms with Crippen LogP contribution in [0.25, 0.3) is 11.4 Å². The van der Waals surface area contributed by atoms with Gasteiger partial charge in [-0.3, -0.25) is 9.59 Å². The van der Waals surface area contributed by atoms with Crippen molar-refractivity contribution in [2.75, 3.05) is 19.7 Å². The van der Waals surface area contributed by atoms with Crippen LogP contribution in [0.2, 0.25) is 0 Å². The van der Waals surface area contributed by atoms with Crippen LogP contribution < -0.4 is 15.4 Å². The van der Waals surface area contributed by atoms with E-state index in [1.165, 1.54) is 0 Å². The first kappa shape index (κ1) is 20.1. The molecule has 3 rings (SSSR count). The summed E-state index contributed by atoms with van der Waals surface area (Å²) in [4.78, 5) is 28.6. The summed E-state index contributed by atoms with van der Waals surface area (Å²) in [6.07, 6.45) is 0. The molecule has 1 heterocycles. The number of carbonyl (C=O) groups is 2. The number of aryl methyl sites for hydroxylation is 1. The fourth-order valence-corrected chi connectivity index (χ4v) is 2.59. The van der Waals surface area contributed by atoms with Crippen LogP contribution in [-0.2, 0) is 0 Å². The second-order valence-electron chi connectivity index (χ2n) is 6.23. The van der Waals surface area contributed by atoms with Crippen molar-refractivity contribution < 1.29 is 18.8 Å². The van der Waals surface area contributed by atoms with E-state index in [1.54, 1.807) is 24.3 Å². The molecule has 0 aliphatic carbocycles. The van der Waals surface area contributed by atoms with Crippen molar-refractivity contribution in [3.05, 3.63) is 65.5 Å². The van der Waals surface area contributed by atoms with Gasteiger partial charge >= 0.3 is 11.8 Å². The lowest BCUT2D eigenvalue weighted by Gasteiger charge is -2.10. The van der Waals surface area contributed by atoms with Crippen molar-refractivity contribution in [2.24, 2.45) is 0 Å². The van der Waals surface area contributed by atoms with Crippen LogP contribution >= 0.6 is 0 Å². The summed E-state index contributed by atoms with van der Waals surface area (Å²) in [5.41, 5.74) is 2.32. The van der Waals surface area contributed by atoms with Crippen LogP contribution in [0, 0.1) is 6.92 Å². The molecule has 0 saturated carbocycles. The van der Waals surface area contributed by atoms with Crippen molar-refractivity contribution in [3.63, 3.8) is 0 Å². The van der Waals surface area contributed by atoms with E-state index in [-0.39, 0.29) is 24.9 Å². The normalized spacial score (nSPS) is 10.4. The molecular formula is C21H22N4O4. The molecule has 0 spiro atoms. The van der Waals surface area contributed by atoms with Gasteiger partial charge in [0.25, 0.3) is 5.91 Å². The molecule has 0 aliphatic heterocycles. The largest absolute Gasteiger partial charge is 0.493 e. The minimum absolute atomic E-state index is 0.131. The highest BCUT2D eigenvalue weighted by molar-refractivity contribution is 5.97. The van der Waals surface area contributed by atoms with Crippen LogP contribution in [-0.4, -0.2) is 41.7 Å². The van der Waals surface area contributed by atoms with Crippen molar-refractivity contribution in [3.8, 4) is 17.1 Å². The Labute approximate surface area is 168 Å². The molecule has 2 N–H and O–H groups in total. The first-order chi connectivity index (χ1) is 14.1. The first-order valence-corrected chi connectivity index (χ1v) is 9.27. The molecule has 0 unspecified atom stereocenters. The van der Waals surface area contributed by atoms with Gasteiger partial charge < -0.3 is 19.9 Å². The van der Waals surface area contributed by atoms with Crippen LogP contribution in [0.15, 0.2) is 53.1 Å². The Bertz CT molecular complexity index is 982. The van der Waals surface area contributed by atoms with Gasteiger partial charge in [0.1, 0.15) is 5.75 Å². The lowest BCUT2D eigenvalue weighted by Crippen LogP contribution is -2.35. The standard InChI is InChI=1S/C21H22N4O4/c1-3-28-17-7-5-4-6-16(17)19(26)22-12-13-23-20(27)21-24-18(25-29-21)15-10-8-14(2)9-11-15/h4-11H,3,12-13H2,1-2H3,(H,22,26)(H,23,27). The Morgan fingerprint density at radius 3 is 2.41 bits per heavy atom. The molecule has 3 aromatic rings. The molecular weight excluding hydrogens is 372 g/mol. The number of rotatable bonds is 8.